The van der Waals surface area contributed by atoms with Crippen molar-refractivity contribution in [2.45, 2.75) is 0 Å². The normalized spacial score (nSPS) is 10.0. The number of anilines is 1. The number of hydrogen-bond donors (Lipinski definition) is 3. The molecule has 0 spiro atoms. The average molecular weight is 251 g/mol. The topological polar surface area (TPSA) is 114 Å². The predicted octanol–water partition coefficient (Wildman–Crippen LogP) is 1.36. The van der Waals surface area contributed by atoms with E-state index in [1.165, 1.54) is 24.3 Å². The highest BCUT2D eigenvalue weighted by atomic mass is 35.5. The first-order valence-corrected chi connectivity index (χ1v) is 4.09. The molecule has 0 aliphatic heterocycles. The van der Waals surface area contributed by atoms with Crippen molar-refractivity contribution in [2.24, 2.45) is 10.2 Å². The van der Waals surface area contributed by atoms with Gasteiger partial charge in [-0.25, -0.2) is 4.39 Å². The van der Waals surface area contributed by atoms with Crippen LogP contribution < -0.4 is 11.1 Å². The molecule has 1 aromatic rings. The summed E-state index contributed by atoms with van der Waals surface area (Å²) in [5.74, 6) is -0.231. The Labute approximate surface area is 94.6 Å². The number of benzene rings is 1. The Hall–Kier alpha value is -2.09. The van der Waals surface area contributed by atoms with Gasteiger partial charge in [0.2, 0.25) is 5.96 Å². The van der Waals surface area contributed by atoms with Crippen LogP contribution in [0.5, 0.6) is 0 Å². The Morgan fingerprint density at radius 1 is 1.56 bits per heavy atom. The zero-order chi connectivity index (χ0) is 12.6. The van der Waals surface area contributed by atoms with Crippen LogP contribution in [0.4, 0.5) is 10.1 Å². The van der Waals surface area contributed by atoms with E-state index in [0.29, 0.717) is 5.69 Å². The Kier molecular flexibility index (Phi) is 6.29. The van der Waals surface area contributed by atoms with Gasteiger partial charge in [0.15, 0.2) is 0 Å². The summed E-state index contributed by atoms with van der Waals surface area (Å²) in [6.07, 6.45) is 0. The first kappa shape index (κ1) is 13.9. The Morgan fingerprint density at radius 3 is 2.38 bits per heavy atom. The first-order valence-electron chi connectivity index (χ1n) is 3.76. The molecule has 7 nitrogen and oxygen atoms in total. The lowest BCUT2D eigenvalue weighted by molar-refractivity contribution is -0.742. The molecule has 1 rings (SSSR count). The van der Waals surface area contributed by atoms with Gasteiger partial charge in [-0.15, -0.1) is 14.6 Å². The molecule has 0 fully saturated rings. The van der Waals surface area contributed by atoms with Crippen LogP contribution in [-0.4, -0.2) is 16.3 Å². The summed E-state index contributed by atoms with van der Waals surface area (Å²) in [4.78, 5) is 8.36. The van der Waals surface area contributed by atoms with Gasteiger partial charge < -0.3 is 16.3 Å². The number of rotatable bonds is 1. The SMILES string of the molecule is NC(=NCl)Nc1ccc(F)cc1.O=[N+]([O-])O. The molecule has 0 bridgehead atoms. The van der Waals surface area contributed by atoms with Crippen LogP contribution in [0.25, 0.3) is 0 Å². The van der Waals surface area contributed by atoms with Gasteiger partial charge in [-0.1, -0.05) is 0 Å². The second kappa shape index (κ2) is 7.23. The van der Waals surface area contributed by atoms with E-state index in [1.807, 2.05) is 0 Å². The van der Waals surface area contributed by atoms with Crippen LogP contribution in [0.15, 0.2) is 28.8 Å². The summed E-state index contributed by atoms with van der Waals surface area (Å²) in [5.41, 5.74) is 5.89. The van der Waals surface area contributed by atoms with E-state index in [1.54, 1.807) is 0 Å². The minimum Gasteiger partial charge on any atom is -0.369 e. The largest absolute Gasteiger partial charge is 0.369 e. The number of nitrogens with zero attached hydrogens (tertiary/aromatic N) is 2. The molecule has 1 aromatic carbocycles. The molecule has 88 valence electrons. The van der Waals surface area contributed by atoms with Crippen molar-refractivity contribution in [3.63, 3.8) is 0 Å². The van der Waals surface area contributed by atoms with Gasteiger partial charge in [-0.05, 0) is 24.3 Å². The van der Waals surface area contributed by atoms with Crippen LogP contribution in [-0.2, 0) is 0 Å². The van der Waals surface area contributed by atoms with Crippen molar-refractivity contribution in [1.29, 1.82) is 0 Å². The summed E-state index contributed by atoms with van der Waals surface area (Å²) in [5, 5.41) is 16.3. The maximum absolute atomic E-state index is 12.4. The van der Waals surface area contributed by atoms with E-state index >= 15 is 0 Å². The van der Waals surface area contributed by atoms with Crippen LogP contribution >= 0.6 is 11.8 Å². The molecule has 4 N–H and O–H groups in total. The van der Waals surface area contributed by atoms with Crippen LogP contribution in [0, 0.1) is 15.9 Å². The minimum atomic E-state index is -1.50. The fraction of sp³-hybridized carbons (Fsp3) is 0. The van der Waals surface area contributed by atoms with Crippen molar-refractivity contribution in [3.8, 4) is 0 Å². The third kappa shape index (κ3) is 7.33. The standard InChI is InChI=1S/C7H7ClFN3.HNO3/c8-12-7(10)11-6-3-1-5(9)2-4-6;2-1(3)4/h1-4H,(H3,10,11,12);(H,2,3,4). The molecule has 0 saturated heterocycles. The maximum atomic E-state index is 12.4. The molecule has 0 aliphatic carbocycles. The Balaban J connectivity index is 0.000000487. The number of halogens is 2. The molecule has 0 aliphatic rings. The maximum Gasteiger partial charge on any atom is 0.291 e. The van der Waals surface area contributed by atoms with Crippen molar-refractivity contribution in [1.82, 2.24) is 0 Å². The molecule has 0 radical (unpaired) electrons. The number of guanidine groups is 1. The molecule has 0 heterocycles. The Bertz CT molecular complexity index is 366. The predicted molar refractivity (Wildman–Crippen MR) is 56.3 cm³/mol. The monoisotopic (exact) mass is 250 g/mol. The first-order chi connectivity index (χ1) is 7.45. The van der Waals surface area contributed by atoms with Gasteiger partial charge >= 0.3 is 0 Å². The fourth-order valence-corrected chi connectivity index (χ4v) is 0.744. The molecule has 9 heteroatoms. The summed E-state index contributed by atoms with van der Waals surface area (Å²) in [6, 6.07) is 5.68. The summed E-state index contributed by atoms with van der Waals surface area (Å²) >= 11 is 5.06. The third-order valence-corrected chi connectivity index (χ3v) is 1.39. The molecule has 0 amide bonds. The van der Waals surface area contributed by atoms with E-state index in [4.69, 9.17) is 32.8 Å². The van der Waals surface area contributed by atoms with Gasteiger partial charge in [0.05, 0.1) is 0 Å². The van der Waals surface area contributed by atoms with E-state index < -0.39 is 5.09 Å². The quantitative estimate of drug-likeness (QED) is 0.301. The number of nitrogens with two attached hydrogens (primary N) is 1. The lowest BCUT2D eigenvalue weighted by atomic mass is 10.3. The van der Waals surface area contributed by atoms with E-state index in [2.05, 4.69) is 9.83 Å². The average Bonchev–Trinajstić information content (AvgIpc) is 2.20. The molecule has 0 saturated carbocycles. The summed E-state index contributed by atoms with van der Waals surface area (Å²) in [6.45, 7) is 0. The van der Waals surface area contributed by atoms with E-state index in [0.717, 1.165) is 0 Å². The van der Waals surface area contributed by atoms with Gasteiger partial charge in [-0.3, -0.25) is 0 Å². The van der Waals surface area contributed by atoms with Gasteiger partial charge in [0, 0.05) is 17.5 Å². The van der Waals surface area contributed by atoms with Crippen molar-refractivity contribution >= 4 is 23.4 Å². The minimum absolute atomic E-state index is 0.0725. The number of hydrogen-bond acceptors (Lipinski definition) is 3. The number of nitrogens with one attached hydrogen (secondary N) is 1. The second-order valence-electron chi connectivity index (χ2n) is 2.34. The molecule has 16 heavy (non-hydrogen) atoms. The molecule has 0 unspecified atom stereocenters. The van der Waals surface area contributed by atoms with Crippen LogP contribution in [0.1, 0.15) is 0 Å². The highest BCUT2D eigenvalue weighted by Gasteiger charge is 1.93. The van der Waals surface area contributed by atoms with Crippen molar-refractivity contribution in [3.05, 3.63) is 40.2 Å². The Morgan fingerprint density at radius 2 is 2.00 bits per heavy atom. The van der Waals surface area contributed by atoms with Crippen LogP contribution in [0.3, 0.4) is 0 Å². The van der Waals surface area contributed by atoms with Crippen molar-refractivity contribution in [2.75, 3.05) is 5.32 Å². The molecule has 0 atom stereocenters. The van der Waals surface area contributed by atoms with Gasteiger partial charge in [-0.2, -0.15) is 0 Å². The smallest absolute Gasteiger partial charge is 0.291 e. The summed E-state index contributed by atoms with van der Waals surface area (Å²) < 4.78 is 15.6. The van der Waals surface area contributed by atoms with Crippen molar-refractivity contribution < 1.29 is 14.7 Å². The lowest BCUT2D eigenvalue weighted by Crippen LogP contribution is -2.21. The highest BCUT2D eigenvalue weighted by molar-refractivity contribution is 6.20. The van der Waals surface area contributed by atoms with Gasteiger partial charge in [0.1, 0.15) is 5.82 Å². The highest BCUT2D eigenvalue weighted by Crippen LogP contribution is 2.07. The fourth-order valence-electron chi connectivity index (χ4n) is 0.702. The molecular weight excluding hydrogens is 243 g/mol. The van der Waals surface area contributed by atoms with E-state index in [9.17, 15) is 4.39 Å². The zero-order valence-electron chi connectivity index (χ0n) is 7.80. The third-order valence-electron chi connectivity index (χ3n) is 1.21. The van der Waals surface area contributed by atoms with Crippen LogP contribution in [0.2, 0.25) is 0 Å². The second-order valence-corrected chi connectivity index (χ2v) is 2.51. The van der Waals surface area contributed by atoms with Gasteiger partial charge in [0.25, 0.3) is 5.09 Å². The lowest BCUT2D eigenvalue weighted by Gasteiger charge is -2.02. The summed E-state index contributed by atoms with van der Waals surface area (Å²) in [7, 11) is 0. The molecule has 0 aromatic heterocycles. The molecular formula is C7H8ClFN4O3. The van der Waals surface area contributed by atoms with E-state index in [-0.39, 0.29) is 11.8 Å². The zero-order valence-corrected chi connectivity index (χ0v) is 8.56.